The number of carbonyl (C=O) groups excluding carboxylic acids is 2. The van der Waals surface area contributed by atoms with Crippen LogP contribution in [0.2, 0.25) is 0 Å². The van der Waals surface area contributed by atoms with Gasteiger partial charge in [-0.3, -0.25) is 4.79 Å². The number of hydrogen-bond donors (Lipinski definition) is 2. The molecule has 1 rings (SSSR count). The minimum Gasteiger partial charge on any atom is -0.443 e. The molecule has 0 saturated carbocycles. The first-order chi connectivity index (χ1) is 11.0. The number of hydrogen-bond acceptors (Lipinski definition) is 4. The molecule has 1 aromatic rings. The van der Waals surface area contributed by atoms with Gasteiger partial charge in [0, 0.05) is 17.5 Å². The summed E-state index contributed by atoms with van der Waals surface area (Å²) in [5.41, 5.74) is -0.964. The van der Waals surface area contributed by atoms with Gasteiger partial charge in [0.05, 0.1) is 4.43 Å². The molecule has 5 nitrogen and oxygen atoms in total. The number of aliphatic hydroxyl groups is 1. The second-order valence-corrected chi connectivity index (χ2v) is 7.07. The minimum absolute atomic E-state index is 0.136. The van der Waals surface area contributed by atoms with Crippen LogP contribution in [-0.2, 0) is 9.53 Å². The highest BCUT2D eigenvalue weighted by Gasteiger charge is 2.30. The molecule has 0 spiro atoms. The third-order valence-corrected chi connectivity index (χ3v) is 3.79. The van der Waals surface area contributed by atoms with Crippen LogP contribution < -0.4 is 5.32 Å². The third kappa shape index (κ3) is 6.68. The average Bonchev–Trinajstić information content (AvgIpc) is 2.46. The monoisotopic (exact) mass is 455 g/mol. The summed E-state index contributed by atoms with van der Waals surface area (Å²) in [6, 6.07) is 2.58. The minimum atomic E-state index is -1.67. The summed E-state index contributed by atoms with van der Waals surface area (Å²) in [5, 5.41) is 12.8. The molecule has 8 heteroatoms. The van der Waals surface area contributed by atoms with E-state index in [1.54, 1.807) is 20.8 Å². The van der Waals surface area contributed by atoms with Gasteiger partial charge in [0.2, 0.25) is 0 Å². The normalized spacial score (nSPS) is 14.0. The van der Waals surface area contributed by atoms with E-state index in [0.29, 0.717) is 0 Å². The third-order valence-electron chi connectivity index (χ3n) is 2.94. The Balaban J connectivity index is 3.01. The first-order valence-corrected chi connectivity index (χ1v) is 8.75. The van der Waals surface area contributed by atoms with E-state index < -0.39 is 35.5 Å². The molecule has 0 radical (unpaired) electrons. The lowest BCUT2D eigenvalue weighted by molar-refractivity contribution is -0.120. The number of Topliss-reactive ketones (excluding diaryl/α,β-unsaturated/α-hetero) is 1. The van der Waals surface area contributed by atoms with E-state index in [9.17, 15) is 23.5 Å². The van der Waals surface area contributed by atoms with Crippen molar-refractivity contribution in [1.29, 1.82) is 0 Å². The predicted octanol–water partition coefficient (Wildman–Crippen LogP) is 3.29. The summed E-state index contributed by atoms with van der Waals surface area (Å²) in [6.07, 6.45) is -4.16. The zero-order valence-electron chi connectivity index (χ0n) is 13.6. The lowest BCUT2D eigenvalue weighted by atomic mass is 10.00. The molecule has 0 aromatic heterocycles. The van der Waals surface area contributed by atoms with E-state index >= 15 is 0 Å². The smallest absolute Gasteiger partial charge is 0.407 e. The molecule has 0 fully saturated rings. The van der Waals surface area contributed by atoms with Crippen LogP contribution in [0.15, 0.2) is 18.2 Å². The predicted molar refractivity (Wildman–Crippen MR) is 93.0 cm³/mol. The van der Waals surface area contributed by atoms with Crippen LogP contribution in [0.4, 0.5) is 13.6 Å². The fraction of sp³-hybridized carbons (Fsp3) is 0.500. The molecule has 0 aliphatic rings. The zero-order chi connectivity index (χ0) is 18.5. The van der Waals surface area contributed by atoms with Crippen molar-refractivity contribution < 1.29 is 28.2 Å². The van der Waals surface area contributed by atoms with Gasteiger partial charge in [-0.05, 0) is 39.0 Å². The molecule has 134 valence electrons. The van der Waals surface area contributed by atoms with E-state index in [4.69, 9.17) is 4.74 Å². The van der Waals surface area contributed by atoms with Gasteiger partial charge in [0.25, 0.3) is 0 Å². The standard InChI is InChI=1S/C16H20F2INO4/c1-16(2,3)20-15(23)24-13(7-10(21)8-19)14(22)11-6-9(17)4-5-12(11)18/h4-6,13-14,22H,7-8H2,1-3H3,(H,20,23)/t13-,14+/m0/s1. The van der Waals surface area contributed by atoms with Gasteiger partial charge in [-0.2, -0.15) is 0 Å². The van der Waals surface area contributed by atoms with Gasteiger partial charge in [-0.25, -0.2) is 13.6 Å². The first-order valence-electron chi connectivity index (χ1n) is 7.23. The summed E-state index contributed by atoms with van der Waals surface area (Å²) in [4.78, 5) is 23.6. The number of halogens is 3. The van der Waals surface area contributed by atoms with Crippen LogP contribution in [0.3, 0.4) is 0 Å². The van der Waals surface area contributed by atoms with Gasteiger partial charge in [-0.15, -0.1) is 0 Å². The lowest BCUT2D eigenvalue weighted by Crippen LogP contribution is -2.43. The van der Waals surface area contributed by atoms with E-state index in [-0.39, 0.29) is 22.2 Å². The van der Waals surface area contributed by atoms with Crippen molar-refractivity contribution in [2.45, 2.75) is 44.9 Å². The van der Waals surface area contributed by atoms with Gasteiger partial charge < -0.3 is 15.2 Å². The van der Waals surface area contributed by atoms with E-state index in [0.717, 1.165) is 18.2 Å². The van der Waals surface area contributed by atoms with E-state index in [1.165, 1.54) is 0 Å². The number of ether oxygens (including phenoxy) is 1. The van der Waals surface area contributed by atoms with Crippen molar-refractivity contribution in [3.63, 3.8) is 0 Å². The van der Waals surface area contributed by atoms with E-state index in [2.05, 4.69) is 5.32 Å². The molecule has 1 aromatic carbocycles. The summed E-state index contributed by atoms with van der Waals surface area (Å²) < 4.78 is 32.4. The molecule has 0 heterocycles. The van der Waals surface area contributed by atoms with Crippen LogP contribution in [0.25, 0.3) is 0 Å². The molecule has 0 bridgehead atoms. The van der Waals surface area contributed by atoms with Crippen molar-refractivity contribution in [3.8, 4) is 0 Å². The number of alkyl carbamates (subject to hydrolysis) is 1. The number of benzene rings is 1. The highest BCUT2D eigenvalue weighted by atomic mass is 127. The Hall–Kier alpha value is -1.29. The van der Waals surface area contributed by atoms with Gasteiger partial charge in [0.1, 0.15) is 29.6 Å². The van der Waals surface area contributed by atoms with Crippen LogP contribution in [0.1, 0.15) is 38.9 Å². The second-order valence-electron chi connectivity index (χ2n) is 6.31. The maximum Gasteiger partial charge on any atom is 0.407 e. The molecule has 2 atom stereocenters. The fourth-order valence-corrected chi connectivity index (χ4v) is 2.22. The molecule has 0 unspecified atom stereocenters. The summed E-state index contributed by atoms with van der Waals surface area (Å²) >= 11 is 1.83. The Morgan fingerprint density at radius 3 is 2.50 bits per heavy atom. The van der Waals surface area contributed by atoms with Gasteiger partial charge >= 0.3 is 6.09 Å². The number of rotatable bonds is 6. The molecule has 0 aliphatic carbocycles. The van der Waals surface area contributed by atoms with Crippen molar-refractivity contribution >= 4 is 34.5 Å². The van der Waals surface area contributed by atoms with Crippen LogP contribution in [0, 0.1) is 11.6 Å². The topological polar surface area (TPSA) is 75.6 Å². The largest absolute Gasteiger partial charge is 0.443 e. The molecule has 0 saturated heterocycles. The van der Waals surface area contributed by atoms with Crippen molar-refractivity contribution in [2.24, 2.45) is 0 Å². The number of ketones is 1. The average molecular weight is 455 g/mol. The molecule has 24 heavy (non-hydrogen) atoms. The number of aliphatic hydroxyl groups excluding tert-OH is 1. The Morgan fingerprint density at radius 2 is 1.96 bits per heavy atom. The van der Waals surface area contributed by atoms with Gasteiger partial charge in [0.15, 0.2) is 0 Å². The van der Waals surface area contributed by atoms with Crippen molar-refractivity contribution in [3.05, 3.63) is 35.4 Å². The van der Waals surface area contributed by atoms with Gasteiger partial charge in [-0.1, -0.05) is 22.6 Å². The maximum absolute atomic E-state index is 13.8. The van der Waals surface area contributed by atoms with Crippen LogP contribution in [0.5, 0.6) is 0 Å². The molecular formula is C16H20F2INO4. The number of alkyl halides is 1. The highest BCUT2D eigenvalue weighted by Crippen LogP contribution is 2.25. The lowest BCUT2D eigenvalue weighted by Gasteiger charge is -2.26. The fourth-order valence-electron chi connectivity index (χ4n) is 1.91. The Kier molecular flexibility index (Phi) is 7.53. The number of carbonyl (C=O) groups is 2. The number of amides is 1. The Morgan fingerprint density at radius 1 is 1.33 bits per heavy atom. The highest BCUT2D eigenvalue weighted by molar-refractivity contribution is 14.1. The van der Waals surface area contributed by atoms with Crippen molar-refractivity contribution in [2.75, 3.05) is 4.43 Å². The maximum atomic E-state index is 13.8. The molecular weight excluding hydrogens is 435 g/mol. The van der Waals surface area contributed by atoms with Crippen molar-refractivity contribution in [1.82, 2.24) is 5.32 Å². The summed E-state index contributed by atoms with van der Waals surface area (Å²) in [7, 11) is 0. The quantitative estimate of drug-likeness (QED) is 0.510. The molecule has 1 amide bonds. The first kappa shape index (κ1) is 20.8. The summed E-state index contributed by atoms with van der Waals surface area (Å²) in [6.45, 7) is 5.17. The molecule has 0 aliphatic heterocycles. The SMILES string of the molecule is CC(C)(C)NC(=O)O[C@@H](CC(=O)CI)[C@H](O)c1cc(F)ccc1F. The Bertz CT molecular complexity index is 604. The second kappa shape index (κ2) is 8.70. The zero-order valence-corrected chi connectivity index (χ0v) is 15.8. The van der Waals surface area contributed by atoms with E-state index in [1.807, 2.05) is 22.6 Å². The summed E-state index contributed by atoms with van der Waals surface area (Å²) in [5.74, 6) is -1.89. The number of nitrogens with one attached hydrogen (secondary N) is 1. The molecule has 2 N–H and O–H groups in total. The Labute approximate surface area is 152 Å². The van der Waals surface area contributed by atoms with Crippen LogP contribution >= 0.6 is 22.6 Å². The van der Waals surface area contributed by atoms with Crippen LogP contribution in [-0.4, -0.2) is 33.1 Å².